The van der Waals surface area contributed by atoms with Gasteiger partial charge in [0.05, 0.1) is 33.8 Å². The minimum absolute atomic E-state index is 0.0238. The molecule has 0 radical (unpaired) electrons. The summed E-state index contributed by atoms with van der Waals surface area (Å²) in [4.78, 5) is 39.9. The van der Waals surface area contributed by atoms with Crippen LogP contribution < -0.4 is 10.2 Å². The number of quaternary nitrogens is 1. The first-order valence-electron chi connectivity index (χ1n) is 30.3. The highest BCUT2D eigenvalue weighted by Crippen LogP contribution is 2.38. The number of ether oxygens (including phenoxy) is 1. The van der Waals surface area contributed by atoms with Crippen molar-refractivity contribution in [3.63, 3.8) is 0 Å². The van der Waals surface area contributed by atoms with Crippen LogP contribution in [0.25, 0.3) is 0 Å². The van der Waals surface area contributed by atoms with Gasteiger partial charge in [0.1, 0.15) is 19.3 Å². The van der Waals surface area contributed by atoms with E-state index >= 15 is 0 Å². The van der Waals surface area contributed by atoms with Crippen molar-refractivity contribution in [2.75, 3.05) is 40.9 Å². The molecule has 0 fully saturated rings. The van der Waals surface area contributed by atoms with Crippen LogP contribution in [-0.4, -0.2) is 69.4 Å². The molecule has 0 saturated carbocycles. The van der Waals surface area contributed by atoms with Crippen LogP contribution in [-0.2, 0) is 27.9 Å². The Kier molecular flexibility index (Phi) is 50.4. The van der Waals surface area contributed by atoms with E-state index < -0.39 is 26.6 Å². The average molecular weight is 1020 g/mol. The molecule has 0 rings (SSSR count). The van der Waals surface area contributed by atoms with Crippen LogP contribution >= 0.6 is 7.82 Å². The number of amides is 1. The Labute approximate surface area is 440 Å². The standard InChI is InChI=1S/C61H117N2O7P/c1-7-10-13-16-19-22-25-28-30-31-32-33-34-36-39-42-45-48-51-54-61(65)70-59(52-49-46-43-40-37-27-24-21-18-15-12-9-3)58(57-69-71(66,67)68-56-55-63(4,5)6)62-60(64)53-50-47-44-41-38-35-29-26-23-20-17-14-11-8-2/h28,30,35,38,49,52,58-59H,7-27,29,31-34,36-37,39-48,50-51,53-57H2,1-6H3,(H-,62,64,66,67)/b30-28+,38-35-,52-49+. The van der Waals surface area contributed by atoms with Crippen LogP contribution in [0.2, 0.25) is 0 Å². The van der Waals surface area contributed by atoms with Gasteiger partial charge >= 0.3 is 5.97 Å². The van der Waals surface area contributed by atoms with Crippen LogP contribution in [0.4, 0.5) is 0 Å². The van der Waals surface area contributed by atoms with Gasteiger partial charge in [0.15, 0.2) is 0 Å². The number of carbonyl (C=O) groups is 2. The molecule has 0 spiro atoms. The fourth-order valence-corrected chi connectivity index (χ4v) is 9.53. The van der Waals surface area contributed by atoms with Crippen LogP contribution in [0, 0.1) is 0 Å². The quantitative estimate of drug-likeness (QED) is 0.0212. The topological polar surface area (TPSA) is 114 Å². The first kappa shape index (κ1) is 69.2. The van der Waals surface area contributed by atoms with E-state index in [4.69, 9.17) is 13.8 Å². The van der Waals surface area contributed by atoms with Crippen molar-refractivity contribution in [3.8, 4) is 0 Å². The molecule has 1 amide bonds. The summed E-state index contributed by atoms with van der Waals surface area (Å²) in [5.74, 6) is -0.553. The van der Waals surface area contributed by atoms with Gasteiger partial charge in [-0.05, 0) is 83.1 Å². The maximum Gasteiger partial charge on any atom is 0.306 e. The zero-order chi connectivity index (χ0) is 52.2. The van der Waals surface area contributed by atoms with E-state index in [0.717, 1.165) is 70.6 Å². The van der Waals surface area contributed by atoms with Crippen molar-refractivity contribution in [2.24, 2.45) is 0 Å². The van der Waals surface area contributed by atoms with Crippen molar-refractivity contribution in [1.29, 1.82) is 0 Å². The number of nitrogens with zero attached hydrogens (tertiary/aromatic N) is 1. The van der Waals surface area contributed by atoms with Gasteiger partial charge in [0.25, 0.3) is 7.82 Å². The summed E-state index contributed by atoms with van der Waals surface area (Å²) in [7, 11) is 1.18. The third-order valence-corrected chi connectivity index (χ3v) is 14.5. The number of hydrogen-bond acceptors (Lipinski definition) is 7. The molecule has 0 bridgehead atoms. The summed E-state index contributed by atoms with van der Waals surface area (Å²) in [6, 6.07) is -0.893. The van der Waals surface area contributed by atoms with Gasteiger partial charge in [-0.15, -0.1) is 0 Å². The van der Waals surface area contributed by atoms with Crippen LogP contribution in [0.15, 0.2) is 36.5 Å². The molecule has 71 heavy (non-hydrogen) atoms. The third-order valence-electron chi connectivity index (χ3n) is 13.5. The van der Waals surface area contributed by atoms with Crippen LogP contribution in [0.1, 0.15) is 290 Å². The summed E-state index contributed by atoms with van der Waals surface area (Å²) in [5, 5.41) is 3.02. The zero-order valence-corrected chi connectivity index (χ0v) is 48.6. The number of unbranched alkanes of at least 4 members (excludes halogenated alkanes) is 35. The van der Waals surface area contributed by atoms with Crippen molar-refractivity contribution < 1.29 is 37.3 Å². The van der Waals surface area contributed by atoms with Crippen LogP contribution in [0.3, 0.4) is 0 Å². The van der Waals surface area contributed by atoms with E-state index in [1.165, 1.54) is 186 Å². The molecule has 3 atom stereocenters. The highest BCUT2D eigenvalue weighted by molar-refractivity contribution is 7.45. The lowest BCUT2D eigenvalue weighted by Gasteiger charge is -2.30. The largest absolute Gasteiger partial charge is 0.756 e. The van der Waals surface area contributed by atoms with Crippen LogP contribution in [0.5, 0.6) is 0 Å². The van der Waals surface area contributed by atoms with E-state index in [-0.39, 0.29) is 24.9 Å². The molecule has 0 aromatic heterocycles. The maximum atomic E-state index is 13.5. The van der Waals surface area contributed by atoms with Crippen molar-refractivity contribution >= 4 is 19.7 Å². The Morgan fingerprint density at radius 2 is 0.817 bits per heavy atom. The Balaban J connectivity index is 5.28. The van der Waals surface area contributed by atoms with Gasteiger partial charge < -0.3 is 28.5 Å². The minimum atomic E-state index is -4.70. The van der Waals surface area contributed by atoms with Gasteiger partial charge in [-0.2, -0.15) is 0 Å². The normalized spacial score (nSPS) is 14.0. The summed E-state index contributed by atoms with van der Waals surface area (Å²) in [5.41, 5.74) is 0. The molecule has 9 nitrogen and oxygen atoms in total. The van der Waals surface area contributed by atoms with Crippen molar-refractivity contribution in [2.45, 2.75) is 303 Å². The lowest BCUT2D eigenvalue weighted by atomic mass is 10.0. The van der Waals surface area contributed by atoms with Gasteiger partial charge in [0, 0.05) is 12.8 Å². The van der Waals surface area contributed by atoms with E-state index in [0.29, 0.717) is 17.4 Å². The summed E-state index contributed by atoms with van der Waals surface area (Å²) in [6.07, 6.45) is 61.1. The summed E-state index contributed by atoms with van der Waals surface area (Å²) >= 11 is 0. The number of likely N-dealkylation sites (N-methyl/N-ethyl adjacent to an activating group) is 1. The number of phosphoric acid groups is 1. The number of carbonyl (C=O) groups excluding carboxylic acids is 2. The Morgan fingerprint density at radius 1 is 0.479 bits per heavy atom. The summed E-state index contributed by atoms with van der Waals surface area (Å²) in [6.45, 7) is 6.84. The molecule has 0 heterocycles. The molecular formula is C61H117N2O7P. The van der Waals surface area contributed by atoms with Gasteiger partial charge in [0.2, 0.25) is 5.91 Å². The van der Waals surface area contributed by atoms with E-state index in [1.807, 2.05) is 33.3 Å². The fraction of sp³-hybridized carbons (Fsp3) is 0.869. The monoisotopic (exact) mass is 1020 g/mol. The maximum absolute atomic E-state index is 13.5. The Morgan fingerprint density at radius 3 is 1.21 bits per heavy atom. The second kappa shape index (κ2) is 51.7. The second-order valence-corrected chi connectivity index (χ2v) is 23.3. The van der Waals surface area contributed by atoms with Gasteiger partial charge in [-0.3, -0.25) is 14.2 Å². The molecule has 1 N–H and O–H groups in total. The molecule has 0 saturated heterocycles. The van der Waals surface area contributed by atoms with Crippen molar-refractivity contribution in [3.05, 3.63) is 36.5 Å². The highest BCUT2D eigenvalue weighted by Gasteiger charge is 2.27. The lowest BCUT2D eigenvalue weighted by molar-refractivity contribution is -0.870. The molecule has 0 aliphatic carbocycles. The minimum Gasteiger partial charge on any atom is -0.756 e. The number of allylic oxidation sites excluding steroid dienone is 5. The average Bonchev–Trinajstić information content (AvgIpc) is 3.33. The van der Waals surface area contributed by atoms with E-state index in [1.54, 1.807) is 0 Å². The number of hydrogen-bond donors (Lipinski definition) is 1. The molecule has 0 aliphatic rings. The molecule has 0 aromatic rings. The SMILES string of the molecule is CCCCCCCC/C=C/CCCCCCCCCCCC(=O)OC(/C=C/CCCCCCCCCCCC)C(COP(=O)([O-])OCC[N+](C)(C)C)NC(=O)CCCCC/C=C\CCCCCCCCC. The number of rotatable bonds is 55. The predicted octanol–water partition coefficient (Wildman–Crippen LogP) is 17.7. The lowest BCUT2D eigenvalue weighted by Crippen LogP contribution is -2.47. The predicted molar refractivity (Wildman–Crippen MR) is 303 cm³/mol. The zero-order valence-electron chi connectivity index (χ0n) is 47.7. The summed E-state index contributed by atoms with van der Waals surface area (Å²) < 4.78 is 30.3. The molecule has 0 aromatic carbocycles. The molecule has 10 heteroatoms. The first-order chi connectivity index (χ1) is 34.4. The smallest absolute Gasteiger partial charge is 0.306 e. The first-order valence-corrected chi connectivity index (χ1v) is 31.8. The molecule has 418 valence electrons. The number of phosphoric ester groups is 1. The van der Waals surface area contributed by atoms with Crippen molar-refractivity contribution in [1.82, 2.24) is 5.32 Å². The molecule has 0 aliphatic heterocycles. The molecule has 3 unspecified atom stereocenters. The number of esters is 1. The highest BCUT2D eigenvalue weighted by atomic mass is 31.2. The second-order valence-electron chi connectivity index (χ2n) is 21.8. The van der Waals surface area contributed by atoms with E-state index in [2.05, 4.69) is 50.4 Å². The molecular weight excluding hydrogens is 904 g/mol. The van der Waals surface area contributed by atoms with Gasteiger partial charge in [-0.1, -0.05) is 231 Å². The Bertz CT molecular complexity index is 1310. The fourth-order valence-electron chi connectivity index (χ4n) is 8.81. The Hall–Kier alpha value is -1.77. The third kappa shape index (κ3) is 52.9. The van der Waals surface area contributed by atoms with Gasteiger partial charge in [-0.25, -0.2) is 0 Å². The number of nitrogens with one attached hydrogen (secondary N) is 1. The van der Waals surface area contributed by atoms with E-state index in [9.17, 15) is 19.0 Å².